The maximum absolute atomic E-state index is 13.1. The fraction of sp³-hybridized carbons (Fsp3) is 0.533. The van der Waals surface area contributed by atoms with Gasteiger partial charge in [0, 0.05) is 24.8 Å². The van der Waals surface area contributed by atoms with Crippen LogP contribution in [-0.4, -0.2) is 35.7 Å². The highest BCUT2D eigenvalue weighted by atomic mass is 35.5. The van der Waals surface area contributed by atoms with E-state index in [2.05, 4.69) is 5.32 Å². The van der Waals surface area contributed by atoms with Gasteiger partial charge in [0.2, 0.25) is 0 Å². The molecule has 1 heterocycles. The molecule has 0 radical (unpaired) electrons. The summed E-state index contributed by atoms with van der Waals surface area (Å²) in [6.07, 6.45) is 0.512. The third-order valence-electron chi connectivity index (χ3n) is 3.13. The number of nitrogens with one attached hydrogen (secondary N) is 1. The highest BCUT2D eigenvalue weighted by Gasteiger charge is 2.29. The van der Waals surface area contributed by atoms with E-state index in [0.717, 1.165) is 12.1 Å². The Hall–Kier alpha value is -1.49. The monoisotopic (exact) mass is 314 g/mol. The standard InChI is InChI=1S/C15H20ClFN2O2/c1-15(2,3)21-14(20)19-7-6-11(9-19)18-10-4-5-13(17)12(16)8-10/h4-5,8,11,18H,6-7,9H2,1-3H3. The molecule has 116 valence electrons. The van der Waals surface area contributed by atoms with Crippen LogP contribution in [0.5, 0.6) is 0 Å². The molecule has 1 aliphatic rings. The number of carbonyl (C=O) groups is 1. The number of benzene rings is 1. The summed E-state index contributed by atoms with van der Waals surface area (Å²) in [7, 11) is 0. The Kier molecular flexibility index (Phi) is 4.61. The van der Waals surface area contributed by atoms with Crippen molar-refractivity contribution in [3.63, 3.8) is 0 Å². The predicted molar refractivity (Wildman–Crippen MR) is 81.2 cm³/mol. The van der Waals surface area contributed by atoms with Crippen molar-refractivity contribution in [1.82, 2.24) is 4.90 Å². The molecule has 0 saturated carbocycles. The van der Waals surface area contributed by atoms with Crippen LogP contribution in [0.15, 0.2) is 18.2 Å². The van der Waals surface area contributed by atoms with Crippen LogP contribution in [0.2, 0.25) is 5.02 Å². The minimum Gasteiger partial charge on any atom is -0.444 e. The quantitative estimate of drug-likeness (QED) is 0.900. The number of nitrogens with zero attached hydrogens (tertiary/aromatic N) is 1. The summed E-state index contributed by atoms with van der Waals surface area (Å²) in [5.41, 5.74) is 0.255. The lowest BCUT2D eigenvalue weighted by Crippen LogP contribution is -2.36. The van der Waals surface area contributed by atoms with Crippen molar-refractivity contribution < 1.29 is 13.9 Å². The maximum Gasteiger partial charge on any atom is 0.410 e. The SMILES string of the molecule is CC(C)(C)OC(=O)N1CCC(Nc2ccc(F)c(Cl)c2)C1. The zero-order valence-electron chi connectivity index (χ0n) is 12.5. The van der Waals surface area contributed by atoms with Gasteiger partial charge in [0.15, 0.2) is 0 Å². The largest absolute Gasteiger partial charge is 0.444 e. The molecule has 1 aromatic rings. The third-order valence-corrected chi connectivity index (χ3v) is 3.42. The van der Waals surface area contributed by atoms with Gasteiger partial charge in [-0.3, -0.25) is 0 Å². The zero-order valence-corrected chi connectivity index (χ0v) is 13.2. The highest BCUT2D eigenvalue weighted by Crippen LogP contribution is 2.22. The second-order valence-corrected chi connectivity index (χ2v) is 6.59. The summed E-state index contributed by atoms with van der Waals surface area (Å²) in [5, 5.41) is 3.34. The fourth-order valence-corrected chi connectivity index (χ4v) is 2.37. The van der Waals surface area contributed by atoms with Gasteiger partial charge in [-0.1, -0.05) is 11.6 Å². The molecule has 2 rings (SSSR count). The van der Waals surface area contributed by atoms with E-state index in [1.54, 1.807) is 17.0 Å². The summed E-state index contributed by atoms with van der Waals surface area (Å²) in [4.78, 5) is 13.6. The van der Waals surface area contributed by atoms with E-state index in [0.29, 0.717) is 13.1 Å². The van der Waals surface area contributed by atoms with Crippen molar-refractivity contribution in [3.8, 4) is 0 Å². The molecule has 1 N–H and O–H groups in total. The van der Waals surface area contributed by atoms with Crippen LogP contribution >= 0.6 is 11.6 Å². The normalized spacial score (nSPS) is 18.7. The van der Waals surface area contributed by atoms with Crippen LogP contribution in [-0.2, 0) is 4.74 Å². The number of carbonyl (C=O) groups excluding carboxylic acids is 1. The van der Waals surface area contributed by atoms with Crippen LogP contribution in [0.3, 0.4) is 0 Å². The van der Waals surface area contributed by atoms with Gasteiger partial charge < -0.3 is 15.0 Å². The molecule has 1 amide bonds. The number of hydrogen-bond acceptors (Lipinski definition) is 3. The molecule has 21 heavy (non-hydrogen) atoms. The first-order chi connectivity index (χ1) is 9.74. The molecule has 1 aliphatic heterocycles. The van der Waals surface area contributed by atoms with E-state index in [-0.39, 0.29) is 17.2 Å². The van der Waals surface area contributed by atoms with Gasteiger partial charge >= 0.3 is 6.09 Å². The van der Waals surface area contributed by atoms with Crippen LogP contribution < -0.4 is 5.32 Å². The van der Waals surface area contributed by atoms with Crippen molar-refractivity contribution in [2.45, 2.75) is 38.8 Å². The van der Waals surface area contributed by atoms with Crippen LogP contribution in [0.1, 0.15) is 27.2 Å². The maximum atomic E-state index is 13.1. The second kappa shape index (κ2) is 6.10. The van der Waals surface area contributed by atoms with Crippen LogP contribution in [0.25, 0.3) is 0 Å². The molecule has 0 aliphatic carbocycles. The van der Waals surface area contributed by atoms with Gasteiger partial charge in [-0.15, -0.1) is 0 Å². The lowest BCUT2D eigenvalue weighted by Gasteiger charge is -2.24. The number of anilines is 1. The molecule has 0 bridgehead atoms. The molecule has 1 unspecified atom stereocenters. The molecule has 1 saturated heterocycles. The Balaban J connectivity index is 1.90. The van der Waals surface area contributed by atoms with Gasteiger partial charge in [-0.05, 0) is 45.4 Å². The molecule has 6 heteroatoms. The summed E-state index contributed by atoms with van der Waals surface area (Å²) in [6.45, 7) is 6.73. The van der Waals surface area contributed by atoms with Crippen molar-refractivity contribution >= 4 is 23.4 Å². The first-order valence-corrected chi connectivity index (χ1v) is 7.32. The van der Waals surface area contributed by atoms with Gasteiger partial charge in [-0.25, -0.2) is 9.18 Å². The number of amides is 1. The Labute approximate surface area is 129 Å². The number of ether oxygens (including phenoxy) is 1. The molecule has 4 nitrogen and oxygen atoms in total. The number of hydrogen-bond donors (Lipinski definition) is 1. The first kappa shape index (κ1) is 15.9. The van der Waals surface area contributed by atoms with Crippen molar-refractivity contribution in [2.24, 2.45) is 0 Å². The zero-order chi connectivity index (χ0) is 15.6. The van der Waals surface area contributed by atoms with Crippen LogP contribution in [0.4, 0.5) is 14.9 Å². The van der Waals surface area contributed by atoms with Gasteiger partial charge in [0.1, 0.15) is 11.4 Å². The molecule has 1 fully saturated rings. The Morgan fingerprint density at radius 2 is 2.19 bits per heavy atom. The Morgan fingerprint density at radius 1 is 1.48 bits per heavy atom. The smallest absolute Gasteiger partial charge is 0.410 e. The average molecular weight is 315 g/mol. The predicted octanol–water partition coefficient (Wildman–Crippen LogP) is 3.90. The summed E-state index contributed by atoms with van der Waals surface area (Å²) in [6, 6.07) is 4.62. The Bertz CT molecular complexity index is 531. The van der Waals surface area contributed by atoms with Crippen molar-refractivity contribution in [1.29, 1.82) is 0 Å². The molecular weight excluding hydrogens is 295 g/mol. The van der Waals surface area contributed by atoms with Gasteiger partial charge in [-0.2, -0.15) is 0 Å². The van der Waals surface area contributed by atoms with E-state index in [1.165, 1.54) is 6.07 Å². The lowest BCUT2D eigenvalue weighted by molar-refractivity contribution is 0.0293. The molecule has 1 aromatic carbocycles. The van der Waals surface area contributed by atoms with E-state index in [1.807, 2.05) is 20.8 Å². The number of rotatable bonds is 2. The van der Waals surface area contributed by atoms with E-state index in [9.17, 15) is 9.18 Å². The van der Waals surface area contributed by atoms with Gasteiger partial charge in [0.25, 0.3) is 0 Å². The summed E-state index contributed by atoms with van der Waals surface area (Å²) in [5.74, 6) is -0.441. The lowest BCUT2D eigenvalue weighted by atomic mass is 10.2. The third kappa shape index (κ3) is 4.49. The fourth-order valence-electron chi connectivity index (χ4n) is 2.19. The average Bonchev–Trinajstić information content (AvgIpc) is 2.80. The first-order valence-electron chi connectivity index (χ1n) is 6.94. The highest BCUT2D eigenvalue weighted by molar-refractivity contribution is 6.31. The Morgan fingerprint density at radius 3 is 2.81 bits per heavy atom. The van der Waals surface area contributed by atoms with Crippen molar-refractivity contribution in [2.75, 3.05) is 18.4 Å². The molecule has 0 spiro atoms. The topological polar surface area (TPSA) is 41.6 Å². The summed E-state index contributed by atoms with van der Waals surface area (Å²) >= 11 is 5.75. The van der Waals surface area contributed by atoms with Gasteiger partial charge in [0.05, 0.1) is 5.02 Å². The van der Waals surface area contributed by atoms with E-state index >= 15 is 0 Å². The van der Waals surface area contributed by atoms with Crippen LogP contribution in [0, 0.1) is 5.82 Å². The number of likely N-dealkylation sites (tertiary alicyclic amines) is 1. The minimum atomic E-state index is -0.493. The van der Waals surface area contributed by atoms with E-state index in [4.69, 9.17) is 16.3 Å². The second-order valence-electron chi connectivity index (χ2n) is 6.19. The molecular formula is C15H20ClFN2O2. The summed E-state index contributed by atoms with van der Waals surface area (Å²) < 4.78 is 18.5. The van der Waals surface area contributed by atoms with Crippen molar-refractivity contribution in [3.05, 3.63) is 29.0 Å². The molecule has 0 aromatic heterocycles. The minimum absolute atomic E-state index is 0.0852. The van der Waals surface area contributed by atoms with E-state index < -0.39 is 11.4 Å². The number of halogens is 2. The molecule has 1 atom stereocenters.